The Bertz CT molecular complexity index is 464. The van der Waals surface area contributed by atoms with E-state index >= 15 is 0 Å². The molecule has 0 aromatic heterocycles. The number of aliphatic hydroxyl groups excluding tert-OH is 1. The number of anilines is 1. The lowest BCUT2D eigenvalue weighted by atomic mass is 10.1. The van der Waals surface area contributed by atoms with Crippen LogP contribution in [0.1, 0.15) is 16.8 Å². The molecule has 1 atom stereocenters. The van der Waals surface area contributed by atoms with E-state index in [-0.39, 0.29) is 24.3 Å². The number of amides is 1. The first-order valence-electron chi connectivity index (χ1n) is 5.15. The predicted octanol–water partition coefficient (Wildman–Crippen LogP) is 0.597. The first-order chi connectivity index (χ1) is 8.45. The van der Waals surface area contributed by atoms with Crippen molar-refractivity contribution in [3.63, 3.8) is 0 Å². The molecule has 7 heteroatoms. The van der Waals surface area contributed by atoms with Gasteiger partial charge in [-0.25, -0.2) is 4.79 Å². The van der Waals surface area contributed by atoms with Gasteiger partial charge >= 0.3 is 5.97 Å². The average molecular weight is 317 g/mol. The van der Waals surface area contributed by atoms with Gasteiger partial charge in [-0.05, 0) is 18.2 Å². The van der Waals surface area contributed by atoms with Gasteiger partial charge in [-0.3, -0.25) is 4.79 Å². The monoisotopic (exact) mass is 316 g/mol. The maximum atomic E-state index is 11.8. The van der Waals surface area contributed by atoms with Crippen LogP contribution in [-0.2, 0) is 4.79 Å². The molecule has 0 bridgehead atoms. The molecule has 1 aromatic rings. The quantitative estimate of drug-likeness (QED) is 0.594. The van der Waals surface area contributed by atoms with Crippen molar-refractivity contribution in [2.24, 2.45) is 0 Å². The Morgan fingerprint density at radius 2 is 2.11 bits per heavy atom. The number of rotatable bonds is 5. The Morgan fingerprint density at radius 1 is 1.44 bits per heavy atom. The lowest BCUT2D eigenvalue weighted by Crippen LogP contribution is -2.41. The smallest absolute Gasteiger partial charge is 0.326 e. The molecule has 98 valence electrons. The van der Waals surface area contributed by atoms with Crippen molar-refractivity contribution in [1.29, 1.82) is 0 Å². The van der Waals surface area contributed by atoms with Gasteiger partial charge in [0.2, 0.25) is 0 Å². The van der Waals surface area contributed by atoms with Crippen molar-refractivity contribution in [2.75, 3.05) is 12.3 Å². The van der Waals surface area contributed by atoms with Crippen LogP contribution in [0.15, 0.2) is 22.7 Å². The number of nitrogens with two attached hydrogens (primary N) is 1. The SMILES string of the molecule is Nc1cc(Br)ccc1C(=O)N[C@H](CCO)C(=O)O. The highest BCUT2D eigenvalue weighted by atomic mass is 79.9. The molecule has 1 aromatic carbocycles. The van der Waals surface area contributed by atoms with Crippen LogP contribution < -0.4 is 11.1 Å². The van der Waals surface area contributed by atoms with Crippen molar-refractivity contribution in [1.82, 2.24) is 5.32 Å². The fourth-order valence-electron chi connectivity index (χ4n) is 1.36. The normalized spacial score (nSPS) is 11.9. The van der Waals surface area contributed by atoms with E-state index in [1.54, 1.807) is 12.1 Å². The highest BCUT2D eigenvalue weighted by Gasteiger charge is 2.21. The van der Waals surface area contributed by atoms with Crippen LogP contribution in [0, 0.1) is 0 Å². The first-order valence-corrected chi connectivity index (χ1v) is 5.94. The Labute approximate surface area is 112 Å². The summed E-state index contributed by atoms with van der Waals surface area (Å²) in [4.78, 5) is 22.6. The predicted molar refractivity (Wildman–Crippen MR) is 69.1 cm³/mol. The molecule has 18 heavy (non-hydrogen) atoms. The van der Waals surface area contributed by atoms with E-state index in [1.807, 2.05) is 0 Å². The number of carbonyl (C=O) groups excluding carboxylic acids is 1. The third-order valence-electron chi connectivity index (χ3n) is 2.28. The Morgan fingerprint density at radius 3 is 2.61 bits per heavy atom. The number of hydrogen-bond acceptors (Lipinski definition) is 4. The fraction of sp³-hybridized carbons (Fsp3) is 0.273. The lowest BCUT2D eigenvalue weighted by molar-refractivity contribution is -0.139. The zero-order valence-corrected chi connectivity index (χ0v) is 11.0. The van der Waals surface area contributed by atoms with E-state index in [2.05, 4.69) is 21.2 Å². The second-order valence-corrected chi connectivity index (χ2v) is 4.52. The Kier molecular flexibility index (Phi) is 5.11. The molecule has 0 spiro atoms. The lowest BCUT2D eigenvalue weighted by Gasteiger charge is -2.14. The zero-order chi connectivity index (χ0) is 13.7. The van der Waals surface area contributed by atoms with E-state index in [0.717, 1.165) is 4.47 Å². The minimum atomic E-state index is -1.20. The molecule has 5 N–H and O–H groups in total. The number of carbonyl (C=O) groups is 2. The molecule has 0 radical (unpaired) electrons. The van der Waals surface area contributed by atoms with Gasteiger partial charge in [-0.1, -0.05) is 15.9 Å². The molecule has 0 fully saturated rings. The second-order valence-electron chi connectivity index (χ2n) is 3.61. The van der Waals surface area contributed by atoms with Gasteiger partial charge in [0.25, 0.3) is 5.91 Å². The summed E-state index contributed by atoms with van der Waals surface area (Å²) in [6.07, 6.45) is -0.0580. The highest BCUT2D eigenvalue weighted by Crippen LogP contribution is 2.18. The van der Waals surface area contributed by atoms with Crippen molar-refractivity contribution < 1.29 is 19.8 Å². The van der Waals surface area contributed by atoms with Gasteiger partial charge in [-0.15, -0.1) is 0 Å². The number of halogens is 1. The van der Waals surface area contributed by atoms with Gasteiger partial charge in [0, 0.05) is 23.2 Å². The zero-order valence-electron chi connectivity index (χ0n) is 9.39. The molecule has 0 saturated carbocycles. The summed E-state index contributed by atoms with van der Waals surface area (Å²) in [6.45, 7) is -0.326. The molecule has 0 unspecified atom stereocenters. The average Bonchev–Trinajstić information content (AvgIpc) is 2.27. The molecule has 6 nitrogen and oxygen atoms in total. The van der Waals surface area contributed by atoms with E-state index in [4.69, 9.17) is 15.9 Å². The summed E-state index contributed by atoms with van der Waals surface area (Å²) in [5, 5.41) is 19.9. The molecule has 1 rings (SSSR count). The molecule has 0 aliphatic heterocycles. The van der Waals surface area contributed by atoms with Crippen LogP contribution in [0.2, 0.25) is 0 Å². The van der Waals surface area contributed by atoms with Gasteiger partial charge in [0.05, 0.1) is 5.56 Å². The van der Waals surface area contributed by atoms with Crippen LogP contribution in [0.5, 0.6) is 0 Å². The van der Waals surface area contributed by atoms with Gasteiger partial charge in [0.1, 0.15) is 6.04 Å². The topological polar surface area (TPSA) is 113 Å². The van der Waals surface area contributed by atoms with E-state index in [9.17, 15) is 9.59 Å². The molecule has 0 aliphatic carbocycles. The van der Waals surface area contributed by atoms with Crippen molar-refractivity contribution in [2.45, 2.75) is 12.5 Å². The number of carboxylic acid groups (broad SMARTS) is 1. The maximum Gasteiger partial charge on any atom is 0.326 e. The van der Waals surface area contributed by atoms with Gasteiger partial charge < -0.3 is 21.3 Å². The van der Waals surface area contributed by atoms with Crippen molar-refractivity contribution >= 4 is 33.5 Å². The van der Waals surface area contributed by atoms with Crippen LogP contribution in [-0.4, -0.2) is 34.7 Å². The minimum Gasteiger partial charge on any atom is -0.480 e. The molecule has 0 aliphatic rings. The Hall–Kier alpha value is -1.60. The van der Waals surface area contributed by atoms with Crippen LogP contribution in [0.3, 0.4) is 0 Å². The molecular formula is C11H13BrN2O4. The number of carboxylic acids is 1. The summed E-state index contributed by atoms with van der Waals surface area (Å²) >= 11 is 3.21. The summed E-state index contributed by atoms with van der Waals surface area (Å²) in [6, 6.07) is 3.54. The summed E-state index contributed by atoms with van der Waals surface area (Å²) in [7, 11) is 0. The number of nitrogens with one attached hydrogen (secondary N) is 1. The highest BCUT2D eigenvalue weighted by molar-refractivity contribution is 9.10. The summed E-state index contributed by atoms with van der Waals surface area (Å²) in [5.41, 5.74) is 6.10. The van der Waals surface area contributed by atoms with Crippen LogP contribution >= 0.6 is 15.9 Å². The largest absolute Gasteiger partial charge is 0.480 e. The fourth-order valence-corrected chi connectivity index (χ4v) is 1.74. The van der Waals surface area contributed by atoms with Crippen LogP contribution in [0.4, 0.5) is 5.69 Å². The van der Waals surface area contributed by atoms with Gasteiger partial charge in [-0.2, -0.15) is 0 Å². The van der Waals surface area contributed by atoms with Crippen LogP contribution in [0.25, 0.3) is 0 Å². The molecule has 0 heterocycles. The minimum absolute atomic E-state index is 0.0580. The van der Waals surface area contributed by atoms with E-state index < -0.39 is 17.9 Å². The number of nitrogen functional groups attached to an aromatic ring is 1. The molecule has 1 amide bonds. The molecule has 0 saturated heterocycles. The second kappa shape index (κ2) is 6.36. The number of benzene rings is 1. The number of aliphatic hydroxyl groups is 1. The number of aliphatic carboxylic acids is 1. The first kappa shape index (κ1) is 14.5. The van der Waals surface area contributed by atoms with E-state index in [0.29, 0.717) is 0 Å². The third-order valence-corrected chi connectivity index (χ3v) is 2.77. The van der Waals surface area contributed by atoms with Gasteiger partial charge in [0.15, 0.2) is 0 Å². The maximum absolute atomic E-state index is 11.8. The third kappa shape index (κ3) is 3.71. The van der Waals surface area contributed by atoms with E-state index in [1.165, 1.54) is 6.07 Å². The van der Waals surface area contributed by atoms with Crippen molar-refractivity contribution in [3.05, 3.63) is 28.2 Å². The standard InChI is InChI=1S/C11H13BrN2O4/c12-6-1-2-7(8(13)5-6)10(16)14-9(3-4-15)11(17)18/h1-2,5,9,15H,3-4,13H2,(H,14,16)(H,17,18)/t9-/m1/s1. The Balaban J connectivity index is 2.83. The summed E-state index contributed by atoms with van der Waals surface area (Å²) in [5.74, 6) is -1.78. The summed E-state index contributed by atoms with van der Waals surface area (Å²) < 4.78 is 0.724. The molecular weight excluding hydrogens is 304 g/mol. The van der Waals surface area contributed by atoms with Crippen molar-refractivity contribution in [3.8, 4) is 0 Å². The number of hydrogen-bond donors (Lipinski definition) is 4.